The number of carbonyl (C=O) groups excluding carboxylic acids is 1. The number of nitrogens with zero attached hydrogens (tertiary/aromatic N) is 4. The minimum atomic E-state index is -3.60. The summed E-state index contributed by atoms with van der Waals surface area (Å²) in [4.78, 5) is 19.9. The highest BCUT2D eigenvalue weighted by Gasteiger charge is 2.35. The Hall–Kier alpha value is -1.93. The predicted octanol–water partition coefficient (Wildman–Crippen LogP) is 4.12. The number of fused-ring (bicyclic) bond motifs is 1. The monoisotopic (exact) mass is 472 g/mol. The number of hydrogen-bond donors (Lipinski definition) is 0. The zero-order valence-corrected chi connectivity index (χ0v) is 20.7. The molecule has 0 N–H and O–H groups in total. The Balaban J connectivity index is 1.28. The maximum absolute atomic E-state index is 13.4. The van der Waals surface area contributed by atoms with Crippen molar-refractivity contribution in [1.29, 1.82) is 0 Å². The average molecular weight is 473 g/mol. The Morgan fingerprint density at radius 2 is 1.64 bits per heavy atom. The van der Waals surface area contributed by atoms with Crippen molar-refractivity contribution in [2.75, 3.05) is 26.2 Å². The smallest absolute Gasteiger partial charge is 0.243 e. The summed E-state index contributed by atoms with van der Waals surface area (Å²) >= 11 is 0. The fourth-order valence-corrected chi connectivity index (χ4v) is 7.45. The van der Waals surface area contributed by atoms with Gasteiger partial charge in [0.2, 0.25) is 15.9 Å². The Morgan fingerprint density at radius 3 is 2.30 bits per heavy atom. The number of imidazole rings is 1. The second-order valence-corrected chi connectivity index (χ2v) is 12.2. The van der Waals surface area contributed by atoms with Crippen molar-refractivity contribution in [1.82, 2.24) is 18.8 Å². The highest BCUT2D eigenvalue weighted by atomic mass is 32.2. The molecule has 2 aromatic rings. The number of carbonyl (C=O) groups is 1. The topological polar surface area (TPSA) is 75.5 Å². The van der Waals surface area contributed by atoms with E-state index in [0.29, 0.717) is 42.8 Å². The average Bonchev–Trinajstić information content (AvgIpc) is 3.45. The van der Waals surface area contributed by atoms with Crippen molar-refractivity contribution in [3.63, 3.8) is 0 Å². The summed E-state index contributed by atoms with van der Waals surface area (Å²) in [5.74, 6) is 1.80. The van der Waals surface area contributed by atoms with Crippen molar-refractivity contribution in [3.05, 3.63) is 24.0 Å². The molecule has 3 heterocycles. The van der Waals surface area contributed by atoms with E-state index in [-0.39, 0.29) is 11.8 Å². The number of benzene rings is 1. The van der Waals surface area contributed by atoms with Crippen LogP contribution in [0.3, 0.4) is 0 Å². The van der Waals surface area contributed by atoms with Crippen LogP contribution >= 0.6 is 0 Å². The van der Waals surface area contributed by atoms with E-state index in [0.717, 1.165) is 55.6 Å². The van der Waals surface area contributed by atoms with E-state index < -0.39 is 10.0 Å². The van der Waals surface area contributed by atoms with Crippen LogP contribution in [0.1, 0.15) is 70.2 Å². The summed E-state index contributed by atoms with van der Waals surface area (Å²) in [5, 5.41) is 0. The summed E-state index contributed by atoms with van der Waals surface area (Å²) in [5.41, 5.74) is 1.78. The van der Waals surface area contributed by atoms with Crippen LogP contribution < -0.4 is 0 Å². The summed E-state index contributed by atoms with van der Waals surface area (Å²) in [6.07, 6.45) is 8.14. The van der Waals surface area contributed by atoms with Crippen molar-refractivity contribution in [2.24, 2.45) is 11.8 Å². The molecule has 1 amide bonds. The molecule has 0 bridgehead atoms. The van der Waals surface area contributed by atoms with Gasteiger partial charge in [0, 0.05) is 38.1 Å². The fourth-order valence-electron chi connectivity index (χ4n) is 5.96. The minimum absolute atomic E-state index is 0.0582. The number of likely N-dealkylation sites (tertiary alicyclic amines) is 1. The van der Waals surface area contributed by atoms with Crippen LogP contribution in [0.4, 0.5) is 0 Å². The normalized spacial score (nSPS) is 22.4. The molecule has 3 fully saturated rings. The van der Waals surface area contributed by atoms with Crippen LogP contribution in [0.2, 0.25) is 0 Å². The van der Waals surface area contributed by atoms with Gasteiger partial charge in [0.05, 0.1) is 15.9 Å². The number of amides is 1. The van der Waals surface area contributed by atoms with Crippen LogP contribution in [0.25, 0.3) is 11.0 Å². The molecule has 0 atom stereocenters. The van der Waals surface area contributed by atoms with E-state index in [4.69, 9.17) is 4.98 Å². The number of aryl methyl sites for hydroxylation is 1. The van der Waals surface area contributed by atoms with Crippen LogP contribution in [0.5, 0.6) is 0 Å². The first-order valence-electron chi connectivity index (χ1n) is 12.6. The van der Waals surface area contributed by atoms with E-state index in [1.165, 1.54) is 12.8 Å². The molecular formula is C25H36N4O3S. The van der Waals surface area contributed by atoms with Crippen molar-refractivity contribution >= 4 is 27.0 Å². The first kappa shape index (κ1) is 22.8. The van der Waals surface area contributed by atoms with Crippen molar-refractivity contribution < 1.29 is 13.2 Å². The third-order valence-electron chi connectivity index (χ3n) is 8.06. The molecule has 3 aliphatic rings. The maximum Gasteiger partial charge on any atom is 0.243 e. The zero-order valence-electron chi connectivity index (χ0n) is 19.9. The van der Waals surface area contributed by atoms with Gasteiger partial charge in [-0.2, -0.15) is 4.31 Å². The van der Waals surface area contributed by atoms with Gasteiger partial charge in [-0.15, -0.1) is 0 Å². The van der Waals surface area contributed by atoms with E-state index in [2.05, 4.69) is 11.5 Å². The van der Waals surface area contributed by atoms with Gasteiger partial charge in [-0.05, 0) is 69.6 Å². The van der Waals surface area contributed by atoms with Crippen molar-refractivity contribution in [3.8, 4) is 0 Å². The predicted molar refractivity (Wildman–Crippen MR) is 128 cm³/mol. The largest absolute Gasteiger partial charge is 0.342 e. The Labute approximate surface area is 197 Å². The lowest BCUT2D eigenvalue weighted by molar-refractivity contribution is -0.138. The number of hydrogen-bond acceptors (Lipinski definition) is 4. The molecule has 1 saturated carbocycles. The molecule has 1 aliphatic carbocycles. The Bertz CT molecular complexity index is 1120. The van der Waals surface area contributed by atoms with Crippen molar-refractivity contribution in [2.45, 2.75) is 76.2 Å². The van der Waals surface area contributed by atoms with Gasteiger partial charge in [0.1, 0.15) is 5.82 Å². The van der Waals surface area contributed by atoms with E-state index in [9.17, 15) is 13.2 Å². The third-order valence-corrected chi connectivity index (χ3v) is 9.96. The molecule has 2 saturated heterocycles. The number of sulfonamides is 1. The molecule has 0 radical (unpaired) electrons. The molecule has 5 rings (SSSR count). The molecule has 2 aliphatic heterocycles. The molecule has 8 heteroatoms. The number of aromatic nitrogens is 2. The second-order valence-electron chi connectivity index (χ2n) is 10.3. The SMILES string of the molecule is Cc1nc2cc(S(=O)(=O)N3CCC(C(=O)N4CCC(C)CC4)CC3)ccc2n1C1CCCC1. The first-order valence-corrected chi connectivity index (χ1v) is 14.1. The fraction of sp³-hybridized carbons (Fsp3) is 0.680. The number of rotatable bonds is 4. The Kier molecular flexibility index (Phi) is 6.25. The van der Waals surface area contributed by atoms with Gasteiger partial charge >= 0.3 is 0 Å². The summed E-state index contributed by atoms with van der Waals surface area (Å²) in [6, 6.07) is 5.86. The summed E-state index contributed by atoms with van der Waals surface area (Å²) in [6.45, 7) is 6.73. The second kappa shape index (κ2) is 9.02. The highest BCUT2D eigenvalue weighted by molar-refractivity contribution is 7.89. The van der Waals surface area contributed by atoms with Gasteiger partial charge < -0.3 is 9.47 Å². The maximum atomic E-state index is 13.4. The summed E-state index contributed by atoms with van der Waals surface area (Å²) in [7, 11) is -3.60. The Morgan fingerprint density at radius 1 is 0.970 bits per heavy atom. The molecule has 1 aromatic heterocycles. The van der Waals surface area contributed by atoms with Crippen LogP contribution in [-0.4, -0.2) is 59.3 Å². The lowest BCUT2D eigenvalue weighted by Crippen LogP contribution is -2.46. The first-order chi connectivity index (χ1) is 15.8. The molecule has 0 unspecified atom stereocenters. The molecule has 180 valence electrons. The standard InChI is InChI=1S/C25H36N4O3S/c1-18-9-13-27(14-10-18)25(30)20-11-15-28(16-12-20)33(31,32)22-7-8-24-23(17-22)26-19(2)29(24)21-5-3-4-6-21/h7-8,17-18,20-21H,3-6,9-16H2,1-2H3. The van der Waals surface area contributed by atoms with E-state index >= 15 is 0 Å². The molecule has 33 heavy (non-hydrogen) atoms. The molecule has 1 aromatic carbocycles. The third kappa shape index (κ3) is 4.32. The minimum Gasteiger partial charge on any atom is -0.342 e. The summed E-state index contributed by atoms with van der Waals surface area (Å²) < 4.78 is 30.6. The van der Waals surface area contributed by atoms with Gasteiger partial charge in [0.25, 0.3) is 0 Å². The highest BCUT2D eigenvalue weighted by Crippen LogP contribution is 2.34. The lowest BCUT2D eigenvalue weighted by atomic mass is 9.93. The van der Waals surface area contributed by atoms with Gasteiger partial charge in [-0.25, -0.2) is 13.4 Å². The quantitative estimate of drug-likeness (QED) is 0.671. The molecule has 7 nitrogen and oxygen atoms in total. The lowest BCUT2D eigenvalue weighted by Gasteiger charge is -2.36. The van der Waals surface area contributed by atoms with Gasteiger partial charge in [-0.3, -0.25) is 4.79 Å². The van der Waals surface area contributed by atoms with Gasteiger partial charge in [0.15, 0.2) is 0 Å². The van der Waals surface area contributed by atoms with Crippen LogP contribution in [0.15, 0.2) is 23.1 Å². The zero-order chi connectivity index (χ0) is 23.2. The van der Waals surface area contributed by atoms with Gasteiger partial charge in [-0.1, -0.05) is 19.8 Å². The van der Waals surface area contributed by atoms with Crippen LogP contribution in [-0.2, 0) is 14.8 Å². The molecular weight excluding hydrogens is 436 g/mol. The van der Waals surface area contributed by atoms with E-state index in [1.54, 1.807) is 16.4 Å². The number of piperidine rings is 2. The van der Waals surface area contributed by atoms with Crippen LogP contribution in [0, 0.1) is 18.8 Å². The van der Waals surface area contributed by atoms with E-state index in [1.807, 2.05) is 17.9 Å². The molecule has 0 spiro atoms.